The first-order valence-electron chi connectivity index (χ1n) is 6.62. The molecule has 4 nitrogen and oxygen atoms in total. The Morgan fingerprint density at radius 2 is 1.81 bits per heavy atom. The third-order valence-electron chi connectivity index (χ3n) is 3.30. The molecule has 2 atom stereocenters. The summed E-state index contributed by atoms with van der Waals surface area (Å²) in [5, 5.41) is 2.14. The number of carbonyl (C=O) groups is 1. The number of carbonyl (C=O) groups excluding carboxylic acids is 1. The fraction of sp³-hybridized carbons (Fsp3) is 0.188. The third kappa shape index (κ3) is 3.49. The van der Waals surface area contributed by atoms with Gasteiger partial charge in [0, 0.05) is 16.3 Å². The molecule has 2 rings (SSSR count). The zero-order chi connectivity index (χ0) is 15.4. The first kappa shape index (κ1) is 15.3. The lowest BCUT2D eigenvalue weighted by Gasteiger charge is -2.14. The van der Waals surface area contributed by atoms with Gasteiger partial charge in [0.2, 0.25) is 5.91 Å². The lowest BCUT2D eigenvalue weighted by molar-refractivity contribution is -0.115. The summed E-state index contributed by atoms with van der Waals surface area (Å²) in [5.41, 5.74) is 7.89. The van der Waals surface area contributed by atoms with Crippen LogP contribution in [0.4, 0.5) is 11.4 Å². The van der Waals surface area contributed by atoms with Crippen LogP contribution in [0.1, 0.15) is 12.5 Å². The Labute approximate surface area is 126 Å². The molecule has 1 amide bonds. The van der Waals surface area contributed by atoms with Crippen LogP contribution in [-0.2, 0) is 15.6 Å². The molecule has 0 aliphatic carbocycles. The number of anilines is 2. The fourth-order valence-corrected chi connectivity index (χ4v) is 2.97. The van der Waals surface area contributed by atoms with Crippen molar-refractivity contribution in [2.45, 2.75) is 24.0 Å². The van der Waals surface area contributed by atoms with Crippen molar-refractivity contribution < 1.29 is 9.00 Å². The summed E-state index contributed by atoms with van der Waals surface area (Å²) < 4.78 is 12.4. The monoisotopic (exact) mass is 302 g/mol. The molecule has 0 saturated carbocycles. The van der Waals surface area contributed by atoms with E-state index in [1.54, 1.807) is 49.4 Å². The third-order valence-corrected chi connectivity index (χ3v) is 4.89. The van der Waals surface area contributed by atoms with Crippen molar-refractivity contribution in [3.63, 3.8) is 0 Å². The van der Waals surface area contributed by atoms with E-state index >= 15 is 0 Å². The van der Waals surface area contributed by atoms with Crippen LogP contribution in [0.2, 0.25) is 0 Å². The minimum Gasteiger partial charge on any atom is -0.398 e. The second-order valence-electron chi connectivity index (χ2n) is 4.76. The van der Waals surface area contributed by atoms with E-state index in [1.165, 1.54) is 0 Å². The summed E-state index contributed by atoms with van der Waals surface area (Å²) in [6.45, 7) is 3.49. The quantitative estimate of drug-likeness (QED) is 0.853. The van der Waals surface area contributed by atoms with Crippen molar-refractivity contribution in [3.05, 3.63) is 54.1 Å². The van der Waals surface area contributed by atoms with Crippen LogP contribution in [0.15, 0.2) is 53.4 Å². The van der Waals surface area contributed by atoms with Gasteiger partial charge in [-0.15, -0.1) is 0 Å². The second kappa shape index (κ2) is 6.54. The average molecular weight is 302 g/mol. The Balaban J connectivity index is 2.13. The van der Waals surface area contributed by atoms with Gasteiger partial charge in [0.1, 0.15) is 5.25 Å². The number of nitrogens with one attached hydrogen (secondary N) is 1. The van der Waals surface area contributed by atoms with Gasteiger partial charge in [0.05, 0.1) is 10.8 Å². The van der Waals surface area contributed by atoms with E-state index in [9.17, 15) is 9.00 Å². The second-order valence-corrected chi connectivity index (χ2v) is 6.54. The van der Waals surface area contributed by atoms with E-state index in [0.29, 0.717) is 16.3 Å². The first-order chi connectivity index (χ1) is 10.0. The lowest BCUT2D eigenvalue weighted by Crippen LogP contribution is -2.29. The number of amides is 1. The highest BCUT2D eigenvalue weighted by molar-refractivity contribution is 7.86. The minimum atomic E-state index is -1.39. The Bertz CT molecular complexity index is 671. The highest BCUT2D eigenvalue weighted by Crippen LogP contribution is 2.21. The number of rotatable bonds is 4. The van der Waals surface area contributed by atoms with Crippen LogP contribution in [0, 0.1) is 6.92 Å². The summed E-state index contributed by atoms with van der Waals surface area (Å²) in [4.78, 5) is 12.9. The number of nitrogen functional groups attached to an aromatic ring is 1. The van der Waals surface area contributed by atoms with Crippen molar-refractivity contribution >= 4 is 28.1 Å². The van der Waals surface area contributed by atoms with Gasteiger partial charge in [-0.25, -0.2) is 0 Å². The van der Waals surface area contributed by atoms with Gasteiger partial charge in [-0.1, -0.05) is 24.3 Å². The molecule has 0 radical (unpaired) electrons. The molecule has 0 spiro atoms. The van der Waals surface area contributed by atoms with E-state index in [0.717, 1.165) is 5.56 Å². The van der Waals surface area contributed by atoms with Crippen molar-refractivity contribution in [3.8, 4) is 0 Å². The molecular weight excluding hydrogens is 284 g/mol. The van der Waals surface area contributed by atoms with Crippen LogP contribution in [0.25, 0.3) is 0 Å². The van der Waals surface area contributed by atoms with E-state index in [2.05, 4.69) is 5.32 Å². The maximum absolute atomic E-state index is 12.4. The molecule has 21 heavy (non-hydrogen) atoms. The zero-order valence-electron chi connectivity index (χ0n) is 12.0. The molecule has 0 heterocycles. The van der Waals surface area contributed by atoms with E-state index in [-0.39, 0.29) is 5.91 Å². The van der Waals surface area contributed by atoms with Gasteiger partial charge in [-0.2, -0.15) is 0 Å². The van der Waals surface area contributed by atoms with Crippen molar-refractivity contribution in [1.82, 2.24) is 0 Å². The smallest absolute Gasteiger partial charge is 0.240 e. The van der Waals surface area contributed by atoms with Gasteiger partial charge in [-0.3, -0.25) is 9.00 Å². The van der Waals surface area contributed by atoms with Gasteiger partial charge < -0.3 is 11.1 Å². The molecule has 2 aromatic carbocycles. The van der Waals surface area contributed by atoms with Gasteiger partial charge in [0.25, 0.3) is 0 Å². The summed E-state index contributed by atoms with van der Waals surface area (Å²) in [5.74, 6) is -0.286. The summed E-state index contributed by atoms with van der Waals surface area (Å²) in [6, 6.07) is 14.3. The summed E-state index contributed by atoms with van der Waals surface area (Å²) in [6.07, 6.45) is 0. The van der Waals surface area contributed by atoms with Crippen LogP contribution < -0.4 is 11.1 Å². The molecule has 0 aliphatic heterocycles. The molecule has 2 aromatic rings. The molecule has 5 heteroatoms. The van der Waals surface area contributed by atoms with Crippen molar-refractivity contribution in [2.24, 2.45) is 0 Å². The normalized spacial score (nSPS) is 13.4. The first-order valence-corrected chi connectivity index (χ1v) is 7.83. The SMILES string of the molecule is Cc1c(N)cccc1NC(=O)C(C)S(=O)c1ccccc1. The Kier molecular flexibility index (Phi) is 4.75. The molecule has 0 fully saturated rings. The van der Waals surface area contributed by atoms with Crippen LogP contribution in [0.3, 0.4) is 0 Å². The van der Waals surface area contributed by atoms with E-state index in [4.69, 9.17) is 5.73 Å². The molecule has 0 saturated heterocycles. The number of hydrogen-bond acceptors (Lipinski definition) is 3. The Hall–Kier alpha value is -2.14. The Morgan fingerprint density at radius 3 is 2.48 bits per heavy atom. The van der Waals surface area contributed by atoms with E-state index < -0.39 is 16.0 Å². The Morgan fingerprint density at radius 1 is 1.14 bits per heavy atom. The van der Waals surface area contributed by atoms with Crippen LogP contribution in [-0.4, -0.2) is 15.4 Å². The molecule has 0 aliphatic rings. The number of benzene rings is 2. The number of hydrogen-bond donors (Lipinski definition) is 2. The maximum atomic E-state index is 12.4. The highest BCUT2D eigenvalue weighted by atomic mass is 32.2. The topological polar surface area (TPSA) is 72.2 Å². The molecule has 0 aromatic heterocycles. The lowest BCUT2D eigenvalue weighted by atomic mass is 10.1. The fourth-order valence-electron chi connectivity index (χ4n) is 1.88. The molecule has 2 unspecified atom stereocenters. The number of nitrogens with two attached hydrogens (primary N) is 1. The largest absolute Gasteiger partial charge is 0.398 e. The van der Waals surface area contributed by atoms with Gasteiger partial charge in [-0.05, 0) is 43.7 Å². The molecule has 0 bridgehead atoms. The average Bonchev–Trinajstić information content (AvgIpc) is 2.51. The summed E-state index contributed by atoms with van der Waals surface area (Å²) >= 11 is 0. The molecule has 110 valence electrons. The minimum absolute atomic E-state index is 0.286. The van der Waals surface area contributed by atoms with Crippen molar-refractivity contribution in [2.75, 3.05) is 11.1 Å². The molecular formula is C16H18N2O2S. The van der Waals surface area contributed by atoms with Gasteiger partial charge >= 0.3 is 0 Å². The zero-order valence-corrected chi connectivity index (χ0v) is 12.8. The maximum Gasteiger partial charge on any atom is 0.240 e. The summed E-state index contributed by atoms with van der Waals surface area (Å²) in [7, 11) is -1.39. The van der Waals surface area contributed by atoms with Gasteiger partial charge in [0.15, 0.2) is 0 Å². The van der Waals surface area contributed by atoms with Crippen LogP contribution >= 0.6 is 0 Å². The van der Waals surface area contributed by atoms with E-state index in [1.807, 2.05) is 13.0 Å². The van der Waals surface area contributed by atoms with Crippen molar-refractivity contribution in [1.29, 1.82) is 0 Å². The predicted octanol–water partition coefficient (Wildman–Crippen LogP) is 2.71. The standard InChI is InChI=1S/C16H18N2O2S/c1-11-14(17)9-6-10-15(11)18-16(19)12(2)21(20)13-7-4-3-5-8-13/h3-10,12H,17H2,1-2H3,(H,18,19). The molecule has 3 N–H and O–H groups in total. The predicted molar refractivity (Wildman–Crippen MR) is 86.5 cm³/mol. The van der Waals surface area contributed by atoms with Crippen LogP contribution in [0.5, 0.6) is 0 Å². The highest BCUT2D eigenvalue weighted by Gasteiger charge is 2.21.